The molecular formula is C14H20INO2. The minimum absolute atomic E-state index is 0.0830. The molecule has 0 fully saturated rings. The molecule has 1 amide bonds. The second kappa shape index (κ2) is 7.61. The molecule has 100 valence electrons. The maximum absolute atomic E-state index is 11.5. The van der Waals surface area contributed by atoms with Crippen LogP contribution in [-0.4, -0.2) is 21.5 Å². The highest BCUT2D eigenvalue weighted by molar-refractivity contribution is 14.1. The summed E-state index contributed by atoms with van der Waals surface area (Å²) in [5, 5.41) is 12.3. The minimum Gasteiger partial charge on any atom is -0.508 e. The molecule has 1 unspecified atom stereocenters. The van der Waals surface area contributed by atoms with E-state index in [4.69, 9.17) is 0 Å². The number of carbonyl (C=O) groups is 1. The molecule has 0 radical (unpaired) electrons. The number of phenols is 1. The van der Waals surface area contributed by atoms with Gasteiger partial charge in [0, 0.05) is 6.04 Å². The summed E-state index contributed by atoms with van der Waals surface area (Å²) < 4.78 is 0.486. The van der Waals surface area contributed by atoms with E-state index < -0.39 is 0 Å². The van der Waals surface area contributed by atoms with E-state index in [0.29, 0.717) is 10.3 Å². The van der Waals surface area contributed by atoms with Crippen molar-refractivity contribution < 1.29 is 9.90 Å². The number of phenolic OH excluding ortho intramolecular Hbond substituents is 1. The Labute approximate surface area is 122 Å². The van der Waals surface area contributed by atoms with Gasteiger partial charge in [-0.1, -0.05) is 55.0 Å². The van der Waals surface area contributed by atoms with Gasteiger partial charge in [-0.05, 0) is 30.0 Å². The number of hydrogen-bond acceptors (Lipinski definition) is 2. The van der Waals surface area contributed by atoms with Gasteiger partial charge in [-0.25, -0.2) is 0 Å². The van der Waals surface area contributed by atoms with Gasteiger partial charge in [0.2, 0.25) is 5.91 Å². The van der Waals surface area contributed by atoms with Gasteiger partial charge < -0.3 is 10.4 Å². The number of carbonyl (C=O) groups excluding carboxylic acids is 1. The number of rotatable bonds is 6. The monoisotopic (exact) mass is 361 g/mol. The van der Waals surface area contributed by atoms with Crippen molar-refractivity contribution in [1.29, 1.82) is 0 Å². The van der Waals surface area contributed by atoms with Crippen LogP contribution in [0.1, 0.15) is 25.8 Å². The normalized spacial score (nSPS) is 13.9. The van der Waals surface area contributed by atoms with E-state index in [0.717, 1.165) is 18.4 Å². The van der Waals surface area contributed by atoms with E-state index in [9.17, 15) is 9.90 Å². The van der Waals surface area contributed by atoms with Gasteiger partial charge in [0.1, 0.15) is 5.75 Å². The lowest BCUT2D eigenvalue weighted by molar-refractivity contribution is -0.119. The predicted molar refractivity (Wildman–Crippen MR) is 82.1 cm³/mol. The van der Waals surface area contributed by atoms with E-state index in [1.165, 1.54) is 0 Å². The van der Waals surface area contributed by atoms with E-state index in [1.54, 1.807) is 12.1 Å². The molecule has 0 spiro atoms. The molecule has 0 aliphatic rings. The third-order valence-corrected chi connectivity index (χ3v) is 3.88. The quantitative estimate of drug-likeness (QED) is 0.605. The zero-order valence-corrected chi connectivity index (χ0v) is 13.0. The number of aromatic hydroxyl groups is 1. The molecule has 1 rings (SSSR count). The van der Waals surface area contributed by atoms with Gasteiger partial charge in [0.05, 0.1) is 4.43 Å². The highest BCUT2D eigenvalue weighted by Gasteiger charge is 2.18. The van der Waals surface area contributed by atoms with Crippen LogP contribution in [0.2, 0.25) is 0 Å². The lowest BCUT2D eigenvalue weighted by atomic mass is 9.93. The molecule has 0 heterocycles. The van der Waals surface area contributed by atoms with Crippen molar-refractivity contribution in [3.05, 3.63) is 29.8 Å². The van der Waals surface area contributed by atoms with Crippen molar-refractivity contribution in [2.75, 3.05) is 4.43 Å². The first kappa shape index (κ1) is 15.3. The van der Waals surface area contributed by atoms with E-state index in [1.807, 2.05) is 12.1 Å². The first-order valence-corrected chi connectivity index (χ1v) is 7.72. The van der Waals surface area contributed by atoms with Gasteiger partial charge in [0.15, 0.2) is 0 Å². The van der Waals surface area contributed by atoms with Gasteiger partial charge in [-0.3, -0.25) is 4.79 Å². The summed E-state index contributed by atoms with van der Waals surface area (Å²) in [4.78, 5) is 11.5. The zero-order chi connectivity index (χ0) is 13.5. The van der Waals surface area contributed by atoms with Gasteiger partial charge in [0.25, 0.3) is 0 Å². The van der Waals surface area contributed by atoms with Crippen LogP contribution in [0.4, 0.5) is 0 Å². The second-order valence-corrected chi connectivity index (χ2v) is 5.33. The van der Waals surface area contributed by atoms with Crippen LogP contribution in [0.25, 0.3) is 0 Å². The highest BCUT2D eigenvalue weighted by Crippen LogP contribution is 2.16. The third-order valence-electron chi connectivity index (χ3n) is 3.19. The van der Waals surface area contributed by atoms with Gasteiger partial charge in [-0.2, -0.15) is 0 Å². The van der Waals surface area contributed by atoms with Crippen molar-refractivity contribution in [2.24, 2.45) is 5.92 Å². The fraction of sp³-hybridized carbons (Fsp3) is 0.500. The van der Waals surface area contributed by atoms with Crippen molar-refractivity contribution in [2.45, 2.75) is 32.7 Å². The summed E-state index contributed by atoms with van der Waals surface area (Å²) in [5.41, 5.74) is 1.13. The molecule has 2 atom stereocenters. The van der Waals surface area contributed by atoms with Crippen LogP contribution in [0.3, 0.4) is 0 Å². The highest BCUT2D eigenvalue weighted by atomic mass is 127. The lowest BCUT2D eigenvalue weighted by Crippen LogP contribution is -2.41. The van der Waals surface area contributed by atoms with Crippen LogP contribution in [0.15, 0.2) is 24.3 Å². The Kier molecular flexibility index (Phi) is 6.46. The van der Waals surface area contributed by atoms with Crippen LogP contribution >= 0.6 is 22.6 Å². The topological polar surface area (TPSA) is 49.3 Å². The van der Waals surface area contributed by atoms with Gasteiger partial charge >= 0.3 is 0 Å². The van der Waals surface area contributed by atoms with Crippen LogP contribution < -0.4 is 5.32 Å². The number of nitrogens with one attached hydrogen (secondary N) is 1. The fourth-order valence-corrected chi connectivity index (χ4v) is 2.03. The summed E-state index contributed by atoms with van der Waals surface area (Å²) in [6.07, 6.45) is 1.84. The largest absolute Gasteiger partial charge is 0.508 e. The third kappa shape index (κ3) is 4.84. The van der Waals surface area contributed by atoms with E-state index in [-0.39, 0.29) is 17.7 Å². The summed E-state index contributed by atoms with van der Waals surface area (Å²) in [6.45, 7) is 4.28. The molecule has 0 saturated heterocycles. The fourth-order valence-electron chi connectivity index (χ4n) is 1.81. The van der Waals surface area contributed by atoms with E-state index in [2.05, 4.69) is 41.8 Å². The number of halogens is 1. The first-order chi connectivity index (χ1) is 8.56. The molecule has 0 saturated carbocycles. The average Bonchev–Trinajstić information content (AvgIpc) is 2.39. The summed E-state index contributed by atoms with van der Waals surface area (Å²) in [7, 11) is 0. The SMILES string of the molecule is CC[C@@H](C)C(Cc1ccc(O)cc1)NC(=O)CI. The molecular weight excluding hydrogens is 341 g/mol. The smallest absolute Gasteiger partial charge is 0.230 e. The molecule has 3 nitrogen and oxygen atoms in total. The van der Waals surface area contributed by atoms with Crippen LogP contribution in [0, 0.1) is 5.92 Å². The Bertz CT molecular complexity index is 378. The Morgan fingerprint density at radius 1 is 1.39 bits per heavy atom. The maximum atomic E-state index is 11.5. The summed E-state index contributed by atoms with van der Waals surface area (Å²) >= 11 is 2.07. The molecule has 0 aliphatic carbocycles. The standard InChI is InChI=1S/C14H20INO2/c1-3-10(2)13(16-14(18)9-15)8-11-4-6-12(17)7-5-11/h4-7,10,13,17H,3,8-9H2,1-2H3,(H,16,18)/t10-,13?/m1/s1. The number of benzene rings is 1. The number of amides is 1. The molecule has 0 bridgehead atoms. The maximum Gasteiger partial charge on any atom is 0.230 e. The van der Waals surface area contributed by atoms with Crippen molar-refractivity contribution in [3.8, 4) is 5.75 Å². The minimum atomic E-state index is 0.0830. The first-order valence-electron chi connectivity index (χ1n) is 6.20. The molecule has 1 aromatic carbocycles. The summed E-state index contributed by atoms with van der Waals surface area (Å²) in [6, 6.07) is 7.33. The molecule has 0 aliphatic heterocycles. The predicted octanol–water partition coefficient (Wildman–Crippen LogP) is 2.90. The number of alkyl halides is 1. The summed E-state index contributed by atoms with van der Waals surface area (Å²) in [5.74, 6) is 0.792. The Hall–Kier alpha value is -0.780. The molecule has 4 heteroatoms. The number of hydrogen-bond donors (Lipinski definition) is 2. The molecule has 0 aromatic heterocycles. The van der Waals surface area contributed by atoms with Gasteiger partial charge in [-0.15, -0.1) is 0 Å². The molecule has 2 N–H and O–H groups in total. The average molecular weight is 361 g/mol. The zero-order valence-electron chi connectivity index (χ0n) is 10.8. The van der Waals surface area contributed by atoms with E-state index >= 15 is 0 Å². The van der Waals surface area contributed by atoms with Crippen molar-refractivity contribution >= 4 is 28.5 Å². The van der Waals surface area contributed by atoms with Crippen LogP contribution in [0.5, 0.6) is 5.75 Å². The molecule has 1 aromatic rings. The molecule has 18 heavy (non-hydrogen) atoms. The Morgan fingerprint density at radius 2 is 2.00 bits per heavy atom. The Morgan fingerprint density at radius 3 is 2.50 bits per heavy atom. The van der Waals surface area contributed by atoms with Crippen LogP contribution in [-0.2, 0) is 11.2 Å². The lowest BCUT2D eigenvalue weighted by Gasteiger charge is -2.24. The van der Waals surface area contributed by atoms with Crippen molar-refractivity contribution in [1.82, 2.24) is 5.32 Å². The second-order valence-electron chi connectivity index (χ2n) is 4.56. The van der Waals surface area contributed by atoms with Crippen molar-refractivity contribution in [3.63, 3.8) is 0 Å². The Balaban J connectivity index is 2.71.